The Kier molecular flexibility index (Phi) is 3.82. The maximum atomic E-state index is 13.3. The van der Waals surface area contributed by atoms with Crippen LogP contribution in [0, 0.1) is 12.7 Å². The quantitative estimate of drug-likeness (QED) is 0.924. The number of fused-ring (bicyclic) bond motifs is 1. The van der Waals surface area contributed by atoms with Gasteiger partial charge in [-0.1, -0.05) is 0 Å². The number of rotatable bonds is 2. The third kappa shape index (κ3) is 2.79. The molecule has 1 aromatic carbocycles. The number of carboxylic acid groups (broad SMARTS) is 1. The highest BCUT2D eigenvalue weighted by molar-refractivity contribution is 5.95. The lowest BCUT2D eigenvalue weighted by molar-refractivity contribution is 0.0693. The number of pyridine rings is 1. The highest BCUT2D eigenvalue weighted by Crippen LogP contribution is 2.23. The Morgan fingerprint density at radius 2 is 2.09 bits per heavy atom. The van der Waals surface area contributed by atoms with Crippen molar-refractivity contribution in [1.82, 2.24) is 9.88 Å². The van der Waals surface area contributed by atoms with E-state index in [0.29, 0.717) is 30.6 Å². The van der Waals surface area contributed by atoms with Gasteiger partial charge in [0.15, 0.2) is 0 Å². The minimum absolute atomic E-state index is 0.187. The summed E-state index contributed by atoms with van der Waals surface area (Å²) in [6, 6.07) is 4.27. The van der Waals surface area contributed by atoms with Gasteiger partial charge in [-0.15, -0.1) is 0 Å². The number of halogens is 1. The molecule has 2 aromatic rings. The zero-order valence-corrected chi connectivity index (χ0v) is 12.5. The van der Waals surface area contributed by atoms with Crippen molar-refractivity contribution in [1.29, 1.82) is 0 Å². The first kappa shape index (κ1) is 15.1. The maximum absolute atomic E-state index is 13.3. The molecule has 118 valence electrons. The second kappa shape index (κ2) is 5.79. The smallest absolute Gasteiger partial charge is 0.337 e. The highest BCUT2D eigenvalue weighted by atomic mass is 19.1. The lowest BCUT2D eigenvalue weighted by Crippen LogP contribution is -2.36. The predicted octanol–water partition coefficient (Wildman–Crippen LogP) is 2.43. The van der Waals surface area contributed by atoms with Crippen LogP contribution in [0.25, 0.3) is 0 Å². The minimum Gasteiger partial charge on any atom is -0.478 e. The topological polar surface area (TPSA) is 70.5 Å². The van der Waals surface area contributed by atoms with Gasteiger partial charge in [0, 0.05) is 31.0 Å². The molecule has 1 N–H and O–H groups in total. The lowest BCUT2D eigenvalue weighted by Gasteiger charge is -2.29. The minimum atomic E-state index is -1.01. The van der Waals surface area contributed by atoms with Gasteiger partial charge in [-0.25, -0.2) is 9.18 Å². The number of aromatic nitrogens is 1. The van der Waals surface area contributed by atoms with Gasteiger partial charge in [0.2, 0.25) is 0 Å². The molecule has 0 saturated carbocycles. The van der Waals surface area contributed by atoms with E-state index in [1.54, 1.807) is 18.0 Å². The molecule has 0 unspecified atom stereocenters. The van der Waals surface area contributed by atoms with Crippen LogP contribution in [0.2, 0.25) is 0 Å². The van der Waals surface area contributed by atoms with Crippen molar-refractivity contribution >= 4 is 11.9 Å². The van der Waals surface area contributed by atoms with Gasteiger partial charge >= 0.3 is 5.97 Å². The van der Waals surface area contributed by atoms with E-state index in [0.717, 1.165) is 11.1 Å². The summed E-state index contributed by atoms with van der Waals surface area (Å²) in [5.41, 5.74) is 2.50. The SMILES string of the molecule is Cc1cc(C(=O)N2CCc3c(cncc3C(=O)O)C2)ccc1F. The molecule has 0 fully saturated rings. The second-order valence-electron chi connectivity index (χ2n) is 5.57. The summed E-state index contributed by atoms with van der Waals surface area (Å²) in [7, 11) is 0. The molecule has 0 radical (unpaired) electrons. The van der Waals surface area contributed by atoms with E-state index in [1.165, 1.54) is 24.4 Å². The van der Waals surface area contributed by atoms with Crippen molar-refractivity contribution in [2.75, 3.05) is 6.54 Å². The van der Waals surface area contributed by atoms with Crippen LogP contribution in [0.15, 0.2) is 30.6 Å². The number of aryl methyl sites for hydroxylation is 1. The molecule has 23 heavy (non-hydrogen) atoms. The van der Waals surface area contributed by atoms with Crippen molar-refractivity contribution < 1.29 is 19.1 Å². The Morgan fingerprint density at radius 3 is 2.78 bits per heavy atom. The normalized spacial score (nSPS) is 13.6. The van der Waals surface area contributed by atoms with Crippen LogP contribution >= 0.6 is 0 Å². The number of carbonyl (C=O) groups excluding carboxylic acids is 1. The molecule has 0 spiro atoms. The molecular weight excluding hydrogens is 299 g/mol. The number of nitrogens with zero attached hydrogens (tertiary/aromatic N) is 2. The van der Waals surface area contributed by atoms with Crippen molar-refractivity contribution in [3.8, 4) is 0 Å². The third-order valence-corrected chi connectivity index (χ3v) is 4.06. The van der Waals surface area contributed by atoms with Gasteiger partial charge in [-0.05, 0) is 48.2 Å². The number of hydrogen-bond donors (Lipinski definition) is 1. The first-order valence-corrected chi connectivity index (χ1v) is 7.22. The summed E-state index contributed by atoms with van der Waals surface area (Å²) in [6.07, 6.45) is 3.39. The van der Waals surface area contributed by atoms with Crippen LogP contribution in [0.4, 0.5) is 4.39 Å². The van der Waals surface area contributed by atoms with Gasteiger partial charge in [0.25, 0.3) is 5.91 Å². The second-order valence-corrected chi connectivity index (χ2v) is 5.57. The standard InChI is InChI=1S/C17H15FN2O3/c1-10-6-11(2-3-15(10)18)16(21)20-5-4-13-12(9-20)7-19-8-14(13)17(22)23/h2-3,6-8H,4-5,9H2,1H3,(H,22,23). The largest absolute Gasteiger partial charge is 0.478 e. The Labute approximate surface area is 132 Å². The number of carbonyl (C=O) groups is 2. The van der Waals surface area contributed by atoms with Crippen LogP contribution in [-0.4, -0.2) is 33.4 Å². The van der Waals surface area contributed by atoms with Crippen LogP contribution in [0.5, 0.6) is 0 Å². The van der Waals surface area contributed by atoms with Gasteiger partial charge in [0.1, 0.15) is 5.82 Å². The van der Waals surface area contributed by atoms with Crippen molar-refractivity contribution in [3.63, 3.8) is 0 Å². The zero-order chi connectivity index (χ0) is 16.6. The van der Waals surface area contributed by atoms with E-state index in [4.69, 9.17) is 0 Å². The first-order chi connectivity index (χ1) is 11.0. The molecule has 1 aliphatic heterocycles. The average molecular weight is 314 g/mol. The van der Waals surface area contributed by atoms with E-state index in [9.17, 15) is 19.1 Å². The molecule has 1 amide bonds. The maximum Gasteiger partial charge on any atom is 0.337 e. The molecule has 5 nitrogen and oxygen atoms in total. The Balaban J connectivity index is 1.87. The molecular formula is C17H15FN2O3. The molecule has 0 atom stereocenters. The van der Waals surface area contributed by atoms with Gasteiger partial charge in [-0.2, -0.15) is 0 Å². The molecule has 0 aliphatic carbocycles. The van der Waals surface area contributed by atoms with E-state index in [-0.39, 0.29) is 17.3 Å². The van der Waals surface area contributed by atoms with Crippen molar-refractivity contribution in [3.05, 3.63) is 64.2 Å². The molecule has 6 heteroatoms. The summed E-state index contributed by atoms with van der Waals surface area (Å²) in [6.45, 7) is 2.34. The fourth-order valence-electron chi connectivity index (χ4n) is 2.81. The Morgan fingerprint density at radius 1 is 1.30 bits per heavy atom. The molecule has 2 heterocycles. The molecule has 0 saturated heterocycles. The van der Waals surface area contributed by atoms with E-state index >= 15 is 0 Å². The summed E-state index contributed by atoms with van der Waals surface area (Å²) >= 11 is 0. The first-order valence-electron chi connectivity index (χ1n) is 7.22. The Hall–Kier alpha value is -2.76. The van der Waals surface area contributed by atoms with Crippen LogP contribution in [-0.2, 0) is 13.0 Å². The number of hydrogen-bond acceptors (Lipinski definition) is 3. The fourth-order valence-corrected chi connectivity index (χ4v) is 2.81. The average Bonchev–Trinajstić information content (AvgIpc) is 2.55. The summed E-state index contributed by atoms with van der Waals surface area (Å²) in [5, 5.41) is 9.19. The lowest BCUT2D eigenvalue weighted by atomic mass is 9.96. The molecule has 3 rings (SSSR count). The molecule has 1 aromatic heterocycles. The number of benzene rings is 1. The molecule has 0 bridgehead atoms. The van der Waals surface area contributed by atoms with Crippen molar-refractivity contribution in [2.45, 2.75) is 19.9 Å². The summed E-state index contributed by atoms with van der Waals surface area (Å²) in [5.74, 6) is -1.55. The summed E-state index contributed by atoms with van der Waals surface area (Å²) < 4.78 is 13.3. The van der Waals surface area contributed by atoms with Crippen LogP contribution in [0.1, 0.15) is 37.4 Å². The highest BCUT2D eigenvalue weighted by Gasteiger charge is 2.25. The van der Waals surface area contributed by atoms with E-state index in [2.05, 4.69) is 4.98 Å². The zero-order valence-electron chi connectivity index (χ0n) is 12.5. The van der Waals surface area contributed by atoms with Gasteiger partial charge in [-0.3, -0.25) is 9.78 Å². The van der Waals surface area contributed by atoms with Gasteiger partial charge < -0.3 is 10.0 Å². The van der Waals surface area contributed by atoms with E-state index in [1.807, 2.05) is 0 Å². The summed E-state index contributed by atoms with van der Waals surface area (Å²) in [4.78, 5) is 29.4. The fraction of sp³-hybridized carbons (Fsp3) is 0.235. The number of carboxylic acids is 1. The van der Waals surface area contributed by atoms with Crippen molar-refractivity contribution in [2.24, 2.45) is 0 Å². The number of amides is 1. The van der Waals surface area contributed by atoms with E-state index < -0.39 is 5.97 Å². The van der Waals surface area contributed by atoms with Crippen LogP contribution < -0.4 is 0 Å². The third-order valence-electron chi connectivity index (χ3n) is 4.06. The van der Waals surface area contributed by atoms with Gasteiger partial charge in [0.05, 0.1) is 5.56 Å². The monoisotopic (exact) mass is 314 g/mol. The molecule has 1 aliphatic rings. The predicted molar refractivity (Wildman–Crippen MR) is 80.8 cm³/mol. The number of aromatic carboxylic acids is 1. The van der Waals surface area contributed by atoms with Crippen LogP contribution in [0.3, 0.4) is 0 Å². The Bertz CT molecular complexity index is 804.